The van der Waals surface area contributed by atoms with Gasteiger partial charge in [0.05, 0.1) is 0 Å². The van der Waals surface area contributed by atoms with Crippen LogP contribution in [0.25, 0.3) is 0 Å². The number of halogens is 3. The summed E-state index contributed by atoms with van der Waals surface area (Å²) in [5.74, 6) is -0.489. The molecule has 0 radical (unpaired) electrons. The van der Waals surface area contributed by atoms with Gasteiger partial charge in [-0.25, -0.2) is 0 Å². The maximum absolute atomic E-state index is 11.3. The maximum atomic E-state index is 11.3. The van der Waals surface area contributed by atoms with Crippen molar-refractivity contribution in [3.8, 4) is 0 Å². The van der Waals surface area contributed by atoms with Crippen LogP contribution in [0.15, 0.2) is 36.9 Å². The van der Waals surface area contributed by atoms with Crippen molar-refractivity contribution in [1.29, 1.82) is 0 Å². The lowest BCUT2D eigenvalue weighted by Gasteiger charge is -2.27. The Kier molecular flexibility index (Phi) is 6.74. The molecule has 4 nitrogen and oxygen atoms in total. The van der Waals surface area contributed by atoms with Gasteiger partial charge < -0.3 is 16.0 Å². The number of benzene rings is 1. The van der Waals surface area contributed by atoms with Crippen LogP contribution in [0.3, 0.4) is 0 Å². The first-order valence-corrected chi connectivity index (χ1v) is 7.40. The third-order valence-electron chi connectivity index (χ3n) is 2.35. The van der Waals surface area contributed by atoms with Gasteiger partial charge in [-0.1, -0.05) is 53.5 Å². The smallest absolute Gasteiger partial charge is 0.245 e. The molecule has 8 heteroatoms. The Labute approximate surface area is 143 Å². The van der Waals surface area contributed by atoms with Crippen molar-refractivity contribution in [2.45, 2.75) is 16.9 Å². The van der Waals surface area contributed by atoms with Crippen LogP contribution in [-0.4, -0.2) is 21.0 Å². The molecule has 1 amide bonds. The summed E-state index contributed by atoms with van der Waals surface area (Å²) in [6, 6.07) is 7.58. The van der Waals surface area contributed by atoms with E-state index < -0.39 is 15.9 Å². The van der Waals surface area contributed by atoms with E-state index >= 15 is 0 Å². The average molecular weight is 367 g/mol. The minimum Gasteiger partial charge on any atom is -0.339 e. The number of alkyl halides is 3. The number of hydrogen-bond donors (Lipinski definition) is 3. The molecule has 0 bridgehead atoms. The highest BCUT2D eigenvalue weighted by Gasteiger charge is 2.34. The molecule has 0 aliphatic heterocycles. The van der Waals surface area contributed by atoms with Crippen molar-refractivity contribution in [3.63, 3.8) is 0 Å². The molecule has 0 fully saturated rings. The van der Waals surface area contributed by atoms with Gasteiger partial charge in [0.1, 0.15) is 6.17 Å². The first kappa shape index (κ1) is 18.0. The van der Waals surface area contributed by atoms with Crippen molar-refractivity contribution >= 4 is 63.7 Å². The third kappa shape index (κ3) is 6.52. The van der Waals surface area contributed by atoms with Gasteiger partial charge in [0.15, 0.2) is 5.11 Å². The first-order valence-electron chi connectivity index (χ1n) is 5.86. The number of amides is 1. The molecule has 114 valence electrons. The maximum Gasteiger partial charge on any atom is 0.245 e. The predicted octanol–water partition coefficient (Wildman–Crippen LogP) is 3.28. The normalized spacial score (nSPS) is 12.2. The first-order chi connectivity index (χ1) is 9.72. The van der Waals surface area contributed by atoms with Gasteiger partial charge in [-0.2, -0.15) is 0 Å². The van der Waals surface area contributed by atoms with E-state index in [0.29, 0.717) is 0 Å². The molecular weight excluding hydrogens is 353 g/mol. The molecule has 1 aromatic rings. The van der Waals surface area contributed by atoms with Crippen LogP contribution in [0, 0.1) is 6.92 Å². The molecule has 0 aliphatic carbocycles. The van der Waals surface area contributed by atoms with Crippen LogP contribution >= 0.6 is 47.0 Å². The fraction of sp³-hybridized carbons (Fsp3) is 0.231. The Balaban J connectivity index is 2.72. The van der Waals surface area contributed by atoms with E-state index in [1.54, 1.807) is 0 Å². The fourth-order valence-corrected chi connectivity index (χ4v) is 1.99. The lowest BCUT2D eigenvalue weighted by atomic mass is 10.2. The van der Waals surface area contributed by atoms with Crippen molar-refractivity contribution in [2.75, 3.05) is 5.32 Å². The Morgan fingerprint density at radius 3 is 2.57 bits per heavy atom. The summed E-state index contributed by atoms with van der Waals surface area (Å²) < 4.78 is -1.78. The second kappa shape index (κ2) is 7.84. The quantitative estimate of drug-likeness (QED) is 0.331. The molecule has 0 saturated heterocycles. The number of carbonyl (C=O) groups excluding carboxylic acids is 1. The molecule has 0 heterocycles. The van der Waals surface area contributed by atoms with Crippen molar-refractivity contribution in [3.05, 3.63) is 42.5 Å². The molecule has 0 aliphatic rings. The number of aryl methyl sites for hydroxylation is 1. The van der Waals surface area contributed by atoms with E-state index in [2.05, 4.69) is 22.5 Å². The Hall–Kier alpha value is -1.01. The zero-order valence-corrected chi connectivity index (χ0v) is 14.2. The van der Waals surface area contributed by atoms with E-state index in [1.165, 1.54) is 0 Å². The molecule has 0 unspecified atom stereocenters. The van der Waals surface area contributed by atoms with Gasteiger partial charge in [-0.05, 0) is 42.9 Å². The van der Waals surface area contributed by atoms with Crippen LogP contribution in [0.1, 0.15) is 5.56 Å². The van der Waals surface area contributed by atoms with Crippen LogP contribution in [-0.2, 0) is 4.79 Å². The fourth-order valence-electron chi connectivity index (χ4n) is 1.42. The van der Waals surface area contributed by atoms with E-state index in [-0.39, 0.29) is 5.11 Å². The number of anilines is 1. The second-order valence-corrected chi connectivity index (χ2v) is 6.93. The number of nitrogens with one attached hydrogen (secondary N) is 3. The van der Waals surface area contributed by atoms with E-state index in [9.17, 15) is 4.79 Å². The van der Waals surface area contributed by atoms with Gasteiger partial charge in [-0.15, -0.1) is 0 Å². The number of thiocarbonyl (C=S) groups is 1. The highest BCUT2D eigenvalue weighted by atomic mass is 35.6. The average Bonchev–Trinajstić information content (AvgIpc) is 2.36. The van der Waals surface area contributed by atoms with E-state index in [1.807, 2.05) is 31.2 Å². The van der Waals surface area contributed by atoms with E-state index in [0.717, 1.165) is 17.3 Å². The Morgan fingerprint density at radius 1 is 1.38 bits per heavy atom. The van der Waals surface area contributed by atoms with Crippen LogP contribution in [0.4, 0.5) is 5.69 Å². The Bertz CT molecular complexity index is 546. The summed E-state index contributed by atoms with van der Waals surface area (Å²) in [5.41, 5.74) is 1.85. The Morgan fingerprint density at radius 2 is 2.05 bits per heavy atom. The molecule has 0 spiro atoms. The van der Waals surface area contributed by atoms with Gasteiger partial charge in [0.25, 0.3) is 0 Å². The highest BCUT2D eigenvalue weighted by molar-refractivity contribution is 7.80. The minimum absolute atomic E-state index is 0.210. The zero-order valence-electron chi connectivity index (χ0n) is 11.1. The molecule has 0 saturated carbocycles. The topological polar surface area (TPSA) is 53.2 Å². The van der Waals surface area contributed by atoms with Gasteiger partial charge in [0.2, 0.25) is 9.70 Å². The standard InChI is InChI=1S/C13H14Cl3N3OS/c1-3-10(20)18-11(13(14,15)16)19-12(21)17-9-6-4-5-8(2)7-9/h3-7,11H,1H2,2H3,(H,18,20)(H2,17,19,21)/t11-/m0/s1. The zero-order chi connectivity index (χ0) is 16.0. The lowest BCUT2D eigenvalue weighted by Crippen LogP contribution is -2.55. The van der Waals surface area contributed by atoms with Crippen LogP contribution in [0.5, 0.6) is 0 Å². The summed E-state index contributed by atoms with van der Waals surface area (Å²) in [5, 5.41) is 8.33. The molecule has 0 aromatic heterocycles. The molecule has 1 aromatic carbocycles. The number of hydrogen-bond acceptors (Lipinski definition) is 2. The molecule has 1 atom stereocenters. The monoisotopic (exact) mass is 365 g/mol. The van der Waals surface area contributed by atoms with Gasteiger partial charge in [-0.3, -0.25) is 4.79 Å². The molecule has 1 rings (SSSR count). The minimum atomic E-state index is -1.78. The van der Waals surface area contributed by atoms with Crippen LogP contribution in [0.2, 0.25) is 0 Å². The van der Waals surface area contributed by atoms with Crippen molar-refractivity contribution < 1.29 is 4.79 Å². The van der Waals surface area contributed by atoms with Crippen molar-refractivity contribution in [1.82, 2.24) is 10.6 Å². The largest absolute Gasteiger partial charge is 0.339 e. The summed E-state index contributed by atoms with van der Waals surface area (Å²) >= 11 is 22.6. The van der Waals surface area contributed by atoms with Crippen molar-refractivity contribution in [2.24, 2.45) is 0 Å². The summed E-state index contributed by atoms with van der Waals surface area (Å²) in [6.45, 7) is 5.29. The SMILES string of the molecule is C=CC(=O)N[C@@H](NC(=S)Nc1cccc(C)c1)C(Cl)(Cl)Cl. The highest BCUT2D eigenvalue weighted by Crippen LogP contribution is 2.29. The van der Waals surface area contributed by atoms with Crippen LogP contribution < -0.4 is 16.0 Å². The molecular formula is C13H14Cl3N3OS. The van der Waals surface area contributed by atoms with Gasteiger partial charge in [0, 0.05) is 5.69 Å². The predicted molar refractivity (Wildman–Crippen MR) is 93.0 cm³/mol. The second-order valence-electron chi connectivity index (χ2n) is 4.16. The summed E-state index contributed by atoms with van der Waals surface area (Å²) in [6.07, 6.45) is 0.0695. The number of rotatable bonds is 4. The summed E-state index contributed by atoms with van der Waals surface area (Å²) in [7, 11) is 0. The molecule has 3 N–H and O–H groups in total. The van der Waals surface area contributed by atoms with Gasteiger partial charge >= 0.3 is 0 Å². The number of carbonyl (C=O) groups is 1. The lowest BCUT2D eigenvalue weighted by molar-refractivity contribution is -0.117. The van der Waals surface area contributed by atoms with E-state index in [4.69, 9.17) is 47.0 Å². The summed E-state index contributed by atoms with van der Waals surface area (Å²) in [4.78, 5) is 11.3. The molecule has 21 heavy (non-hydrogen) atoms. The third-order valence-corrected chi connectivity index (χ3v) is 3.23.